The van der Waals surface area contributed by atoms with E-state index in [0.29, 0.717) is 24.4 Å². The Morgan fingerprint density at radius 2 is 2.00 bits per heavy atom. The van der Waals surface area contributed by atoms with Gasteiger partial charge in [-0.15, -0.1) is 0 Å². The molecule has 7 heteroatoms. The molecule has 1 amide bonds. The van der Waals surface area contributed by atoms with Gasteiger partial charge in [0.05, 0.1) is 11.9 Å². The molecule has 0 aromatic heterocycles. The lowest BCUT2D eigenvalue weighted by molar-refractivity contribution is -0.128. The summed E-state index contributed by atoms with van der Waals surface area (Å²) in [6.07, 6.45) is 2.46. The number of sulfonamides is 1. The van der Waals surface area contributed by atoms with E-state index in [2.05, 4.69) is 30.4 Å². The molecule has 0 fully saturated rings. The van der Waals surface area contributed by atoms with Crippen molar-refractivity contribution in [2.24, 2.45) is 0 Å². The molecule has 0 saturated heterocycles. The largest absolute Gasteiger partial charge is 0.478 e. The maximum absolute atomic E-state index is 12.6. The molecule has 0 bridgehead atoms. The van der Waals surface area contributed by atoms with Crippen molar-refractivity contribution in [3.8, 4) is 5.75 Å². The third kappa shape index (κ3) is 5.04. The van der Waals surface area contributed by atoms with Crippen LogP contribution in [0.5, 0.6) is 5.75 Å². The van der Waals surface area contributed by atoms with Gasteiger partial charge in [0.25, 0.3) is 5.91 Å². The van der Waals surface area contributed by atoms with Gasteiger partial charge in [0.2, 0.25) is 10.0 Å². The normalized spacial score (nSPS) is 16.6. The Morgan fingerprint density at radius 1 is 1.21 bits per heavy atom. The van der Waals surface area contributed by atoms with Crippen molar-refractivity contribution in [3.05, 3.63) is 59.7 Å². The summed E-state index contributed by atoms with van der Waals surface area (Å²) >= 11 is 0. The third-order valence-electron chi connectivity index (χ3n) is 4.71. The number of anilines is 1. The lowest BCUT2D eigenvalue weighted by Gasteiger charge is -2.20. The summed E-state index contributed by atoms with van der Waals surface area (Å²) in [5.41, 5.74) is 2.94. The number of aryl methyl sites for hydroxylation is 2. The zero-order chi connectivity index (χ0) is 20.1. The number of rotatable bonds is 6. The van der Waals surface area contributed by atoms with Crippen molar-refractivity contribution in [2.45, 2.75) is 32.3 Å². The fourth-order valence-corrected chi connectivity index (χ4v) is 4.29. The van der Waals surface area contributed by atoms with Crippen molar-refractivity contribution >= 4 is 21.6 Å². The molecule has 0 aliphatic carbocycles. The van der Waals surface area contributed by atoms with E-state index in [9.17, 15) is 13.2 Å². The van der Waals surface area contributed by atoms with E-state index in [1.807, 2.05) is 6.07 Å². The van der Waals surface area contributed by atoms with Gasteiger partial charge in [-0.25, -0.2) is 8.42 Å². The maximum Gasteiger partial charge on any atom is 0.261 e. The summed E-state index contributed by atoms with van der Waals surface area (Å²) in [5, 5.41) is 2.92. The number of carbonyl (C=O) groups is 1. The summed E-state index contributed by atoms with van der Waals surface area (Å²) < 4.78 is 31.4. The first-order valence-corrected chi connectivity index (χ1v) is 11.3. The lowest BCUT2D eigenvalue weighted by atomic mass is 10.1. The predicted molar refractivity (Wildman–Crippen MR) is 110 cm³/mol. The van der Waals surface area contributed by atoms with Gasteiger partial charge in [0, 0.05) is 19.5 Å². The number of fused-ring (bicyclic) bond motifs is 1. The highest BCUT2D eigenvalue weighted by molar-refractivity contribution is 7.92. The van der Waals surface area contributed by atoms with E-state index in [4.69, 9.17) is 4.74 Å². The second kappa shape index (κ2) is 8.65. The molecular weight excluding hydrogens is 376 g/mol. The maximum atomic E-state index is 12.6. The van der Waals surface area contributed by atoms with Crippen LogP contribution in [0.2, 0.25) is 0 Å². The van der Waals surface area contributed by atoms with Gasteiger partial charge in [-0.05, 0) is 37.5 Å². The first kappa shape index (κ1) is 20.2. The second-order valence-electron chi connectivity index (χ2n) is 7.08. The van der Waals surface area contributed by atoms with E-state index in [1.54, 1.807) is 24.3 Å². The van der Waals surface area contributed by atoms with Crippen LogP contribution in [-0.2, 0) is 21.2 Å². The quantitative estimate of drug-likeness (QED) is 0.754. The number of benzene rings is 2. The van der Waals surface area contributed by atoms with Crippen molar-refractivity contribution in [1.82, 2.24) is 5.32 Å². The first-order chi connectivity index (χ1) is 13.3. The summed E-state index contributed by atoms with van der Waals surface area (Å²) in [4.78, 5) is 12.6. The molecule has 150 valence electrons. The molecule has 2 aromatic carbocycles. The minimum absolute atomic E-state index is 0.206. The van der Waals surface area contributed by atoms with Crippen molar-refractivity contribution in [3.63, 3.8) is 0 Å². The zero-order valence-corrected chi connectivity index (χ0v) is 17.0. The molecule has 3 rings (SSSR count). The molecule has 2 aromatic rings. The fourth-order valence-electron chi connectivity index (χ4n) is 3.34. The van der Waals surface area contributed by atoms with Crippen molar-refractivity contribution in [1.29, 1.82) is 0 Å². The Labute approximate surface area is 166 Å². The van der Waals surface area contributed by atoms with Crippen LogP contribution in [0.15, 0.2) is 48.5 Å². The summed E-state index contributed by atoms with van der Waals surface area (Å²) in [6.45, 7) is 2.81. The molecule has 0 unspecified atom stereocenters. The van der Waals surface area contributed by atoms with Crippen LogP contribution >= 0.6 is 0 Å². The van der Waals surface area contributed by atoms with E-state index < -0.39 is 16.1 Å². The molecule has 1 N–H and O–H groups in total. The number of nitrogens with one attached hydrogen (secondary N) is 1. The van der Waals surface area contributed by atoms with E-state index in [0.717, 1.165) is 19.1 Å². The summed E-state index contributed by atoms with van der Waals surface area (Å²) in [7, 11) is -3.45. The Hall–Kier alpha value is -2.54. The fraction of sp³-hybridized carbons (Fsp3) is 0.381. The average molecular weight is 403 g/mol. The van der Waals surface area contributed by atoms with Crippen LogP contribution in [0.4, 0.5) is 5.69 Å². The van der Waals surface area contributed by atoms with Gasteiger partial charge in [-0.3, -0.25) is 9.10 Å². The third-order valence-corrected chi connectivity index (χ3v) is 5.89. The number of hydrogen-bond donors (Lipinski definition) is 1. The highest BCUT2D eigenvalue weighted by Gasteiger charge is 2.30. The Balaban J connectivity index is 1.59. The number of nitrogens with zero attached hydrogens (tertiary/aromatic N) is 1. The number of ether oxygens (including phenoxy) is 1. The predicted octanol–water partition coefficient (Wildman–Crippen LogP) is 2.66. The number of amides is 1. The van der Waals surface area contributed by atoms with Crippen LogP contribution in [-0.4, -0.2) is 39.8 Å². The van der Waals surface area contributed by atoms with Gasteiger partial charge in [0.15, 0.2) is 6.10 Å². The minimum Gasteiger partial charge on any atom is -0.478 e. The molecule has 1 heterocycles. The van der Waals surface area contributed by atoms with Crippen LogP contribution in [0.1, 0.15) is 24.0 Å². The number of carbonyl (C=O) groups excluding carboxylic acids is 1. The molecule has 28 heavy (non-hydrogen) atoms. The molecule has 0 saturated carbocycles. The topological polar surface area (TPSA) is 75.7 Å². The zero-order valence-electron chi connectivity index (χ0n) is 16.2. The van der Waals surface area contributed by atoms with Crippen LogP contribution in [0.3, 0.4) is 0 Å². The highest BCUT2D eigenvalue weighted by Crippen LogP contribution is 2.33. The molecule has 6 nitrogen and oxygen atoms in total. The van der Waals surface area contributed by atoms with E-state index in [1.165, 1.54) is 15.4 Å². The van der Waals surface area contributed by atoms with Crippen molar-refractivity contribution in [2.75, 3.05) is 23.7 Å². The Kier molecular flexibility index (Phi) is 6.24. The SMILES string of the molecule is Cc1cccc(CCCNC(=O)[C@H]2CCN(S(C)(=O)=O)c3ccccc3O2)c1. The van der Waals surface area contributed by atoms with E-state index >= 15 is 0 Å². The van der Waals surface area contributed by atoms with Crippen LogP contribution in [0, 0.1) is 6.92 Å². The van der Waals surface area contributed by atoms with Gasteiger partial charge in [0.1, 0.15) is 5.75 Å². The van der Waals surface area contributed by atoms with Crippen molar-refractivity contribution < 1.29 is 17.9 Å². The number of para-hydroxylation sites is 2. The minimum atomic E-state index is -3.45. The summed E-state index contributed by atoms with van der Waals surface area (Å²) in [5.74, 6) is 0.194. The average Bonchev–Trinajstić information content (AvgIpc) is 2.85. The molecule has 1 atom stereocenters. The van der Waals surface area contributed by atoms with Gasteiger partial charge >= 0.3 is 0 Å². The molecule has 0 spiro atoms. The van der Waals surface area contributed by atoms with Gasteiger partial charge in [-0.2, -0.15) is 0 Å². The molecular formula is C21H26N2O4S. The van der Waals surface area contributed by atoms with Gasteiger partial charge < -0.3 is 10.1 Å². The number of hydrogen-bond acceptors (Lipinski definition) is 4. The van der Waals surface area contributed by atoms with Gasteiger partial charge in [-0.1, -0.05) is 42.0 Å². The highest BCUT2D eigenvalue weighted by atomic mass is 32.2. The lowest BCUT2D eigenvalue weighted by Crippen LogP contribution is -2.40. The first-order valence-electron chi connectivity index (χ1n) is 9.41. The molecule has 0 radical (unpaired) electrons. The monoisotopic (exact) mass is 402 g/mol. The van der Waals surface area contributed by atoms with Crippen LogP contribution in [0.25, 0.3) is 0 Å². The Morgan fingerprint density at radius 3 is 2.75 bits per heavy atom. The summed E-state index contributed by atoms with van der Waals surface area (Å²) in [6, 6.07) is 15.2. The Bertz CT molecular complexity index is 943. The smallest absolute Gasteiger partial charge is 0.261 e. The molecule has 1 aliphatic heterocycles. The van der Waals surface area contributed by atoms with E-state index in [-0.39, 0.29) is 12.5 Å². The van der Waals surface area contributed by atoms with Crippen LogP contribution < -0.4 is 14.4 Å². The standard InChI is InChI=1S/C21H26N2O4S/c1-16-7-5-8-17(15-16)9-6-13-22-21(24)20-12-14-23(28(2,25)26)18-10-3-4-11-19(18)27-20/h3-5,7-8,10-11,15,20H,6,9,12-14H2,1-2H3,(H,22,24)/t20-/m1/s1. The molecule has 1 aliphatic rings. The second-order valence-corrected chi connectivity index (χ2v) is 8.99.